The van der Waals surface area contributed by atoms with E-state index in [1.54, 1.807) is 18.2 Å². The van der Waals surface area contributed by atoms with Gasteiger partial charge in [0.25, 0.3) is 5.91 Å². The van der Waals surface area contributed by atoms with Crippen LogP contribution in [-0.2, 0) is 0 Å². The van der Waals surface area contributed by atoms with E-state index >= 15 is 0 Å². The van der Waals surface area contributed by atoms with Crippen LogP contribution in [-0.4, -0.2) is 25.8 Å². The Balaban J connectivity index is 1.90. The molecule has 0 unspecified atom stereocenters. The number of hydrogen-bond acceptors (Lipinski definition) is 4. The van der Waals surface area contributed by atoms with Gasteiger partial charge in [-0.2, -0.15) is 9.97 Å². The molecular formula is C13H9Cl2N5O. The average molecular weight is 322 g/mol. The Hall–Kier alpha value is -2.18. The van der Waals surface area contributed by atoms with Crippen molar-refractivity contribution >= 4 is 46.2 Å². The molecule has 2 aromatic heterocycles. The first-order valence-electron chi connectivity index (χ1n) is 5.99. The molecule has 2 N–H and O–H groups in total. The van der Waals surface area contributed by atoms with Gasteiger partial charge in [0.05, 0.1) is 6.33 Å². The highest BCUT2D eigenvalue weighted by Crippen LogP contribution is 2.20. The Morgan fingerprint density at radius 2 is 2.10 bits per heavy atom. The van der Waals surface area contributed by atoms with Crippen molar-refractivity contribution < 1.29 is 4.79 Å². The number of hydrogen-bond donors (Lipinski definition) is 2. The van der Waals surface area contributed by atoms with E-state index in [0.29, 0.717) is 21.7 Å². The van der Waals surface area contributed by atoms with Crippen molar-refractivity contribution in [3.63, 3.8) is 0 Å². The highest BCUT2D eigenvalue weighted by Gasteiger charge is 2.12. The molecule has 3 aromatic rings. The second kappa shape index (κ2) is 5.31. The number of fused-ring (bicyclic) bond motifs is 1. The minimum atomic E-state index is -0.372. The van der Waals surface area contributed by atoms with Crippen molar-refractivity contribution in [1.82, 2.24) is 19.9 Å². The number of benzene rings is 1. The maximum absolute atomic E-state index is 12.1. The molecule has 2 heterocycles. The molecule has 0 aliphatic rings. The molecule has 0 saturated carbocycles. The molecule has 1 amide bonds. The average Bonchev–Trinajstić information content (AvgIpc) is 2.90. The van der Waals surface area contributed by atoms with Gasteiger partial charge in [-0.1, -0.05) is 29.3 Å². The van der Waals surface area contributed by atoms with E-state index in [2.05, 4.69) is 25.3 Å². The lowest BCUT2D eigenvalue weighted by atomic mass is 10.1. The summed E-state index contributed by atoms with van der Waals surface area (Å²) in [7, 11) is 0. The number of anilines is 1. The number of halogens is 2. The van der Waals surface area contributed by atoms with Crippen molar-refractivity contribution in [3.8, 4) is 0 Å². The number of imidazole rings is 1. The van der Waals surface area contributed by atoms with Crippen LogP contribution >= 0.6 is 23.2 Å². The van der Waals surface area contributed by atoms with Gasteiger partial charge in [0, 0.05) is 10.6 Å². The first kappa shape index (κ1) is 13.8. The lowest BCUT2D eigenvalue weighted by Crippen LogP contribution is -2.14. The van der Waals surface area contributed by atoms with Gasteiger partial charge in [-0.3, -0.25) is 10.1 Å². The molecular weight excluding hydrogens is 313 g/mol. The Morgan fingerprint density at radius 3 is 2.86 bits per heavy atom. The van der Waals surface area contributed by atoms with E-state index in [9.17, 15) is 4.79 Å². The van der Waals surface area contributed by atoms with Crippen LogP contribution in [0.1, 0.15) is 15.9 Å². The SMILES string of the molecule is Cc1ccc(C(=O)Nc2nc(Cl)c3[nH]cnc3n2)cc1Cl. The number of amides is 1. The third kappa shape index (κ3) is 2.68. The van der Waals surface area contributed by atoms with Crippen LogP contribution in [0.4, 0.5) is 5.95 Å². The number of nitrogens with one attached hydrogen (secondary N) is 2. The summed E-state index contributed by atoms with van der Waals surface area (Å²) in [6, 6.07) is 5.02. The largest absolute Gasteiger partial charge is 0.341 e. The predicted octanol–water partition coefficient (Wildman–Crippen LogP) is 3.22. The maximum Gasteiger partial charge on any atom is 0.258 e. The zero-order chi connectivity index (χ0) is 15.0. The first-order valence-corrected chi connectivity index (χ1v) is 6.74. The zero-order valence-corrected chi connectivity index (χ0v) is 12.3. The molecule has 0 aliphatic heterocycles. The van der Waals surface area contributed by atoms with Gasteiger partial charge in [0.2, 0.25) is 5.95 Å². The number of rotatable bonds is 2. The summed E-state index contributed by atoms with van der Waals surface area (Å²) < 4.78 is 0. The van der Waals surface area contributed by atoms with Gasteiger partial charge in [0.15, 0.2) is 10.8 Å². The molecule has 8 heteroatoms. The van der Waals surface area contributed by atoms with Crippen molar-refractivity contribution in [2.75, 3.05) is 5.32 Å². The standard InChI is InChI=1S/C13H9Cl2N5O/c1-6-2-3-7(4-8(6)14)12(21)20-13-18-10(15)9-11(19-13)17-5-16-9/h2-5H,1H3,(H2,16,17,18,19,20,21). The van der Waals surface area contributed by atoms with Crippen molar-refractivity contribution in [2.24, 2.45) is 0 Å². The van der Waals surface area contributed by atoms with E-state index in [0.717, 1.165) is 5.56 Å². The summed E-state index contributed by atoms with van der Waals surface area (Å²) in [5.74, 6) is -0.288. The number of H-pyrrole nitrogens is 1. The van der Waals surface area contributed by atoms with Crippen molar-refractivity contribution in [1.29, 1.82) is 0 Å². The molecule has 3 rings (SSSR count). The second-order valence-electron chi connectivity index (χ2n) is 4.36. The van der Waals surface area contributed by atoms with Gasteiger partial charge in [-0.15, -0.1) is 0 Å². The number of carbonyl (C=O) groups is 1. The monoisotopic (exact) mass is 321 g/mol. The van der Waals surface area contributed by atoms with Gasteiger partial charge in [-0.25, -0.2) is 4.98 Å². The van der Waals surface area contributed by atoms with Gasteiger partial charge in [-0.05, 0) is 24.6 Å². The van der Waals surface area contributed by atoms with Crippen LogP contribution < -0.4 is 5.32 Å². The Kier molecular flexibility index (Phi) is 3.48. The quantitative estimate of drug-likeness (QED) is 0.710. The highest BCUT2D eigenvalue weighted by molar-refractivity contribution is 6.33. The summed E-state index contributed by atoms with van der Waals surface area (Å²) >= 11 is 12.0. The summed E-state index contributed by atoms with van der Waals surface area (Å²) in [6.07, 6.45) is 1.45. The van der Waals surface area contributed by atoms with E-state index in [4.69, 9.17) is 23.2 Å². The van der Waals surface area contributed by atoms with Crippen molar-refractivity contribution in [3.05, 3.63) is 45.8 Å². The fourth-order valence-corrected chi connectivity index (χ4v) is 2.16. The normalized spacial score (nSPS) is 10.8. The van der Waals surface area contributed by atoms with E-state index in [1.165, 1.54) is 6.33 Å². The zero-order valence-electron chi connectivity index (χ0n) is 10.8. The fourth-order valence-electron chi connectivity index (χ4n) is 1.76. The summed E-state index contributed by atoms with van der Waals surface area (Å²) in [5.41, 5.74) is 2.21. The molecule has 0 saturated heterocycles. The third-order valence-electron chi connectivity index (χ3n) is 2.90. The molecule has 0 bridgehead atoms. The molecule has 0 fully saturated rings. The molecule has 0 radical (unpaired) electrons. The predicted molar refractivity (Wildman–Crippen MR) is 80.8 cm³/mol. The number of carbonyl (C=O) groups excluding carboxylic acids is 1. The van der Waals surface area contributed by atoms with Crippen molar-refractivity contribution in [2.45, 2.75) is 6.92 Å². The number of aromatic amines is 1. The molecule has 1 aromatic carbocycles. The summed E-state index contributed by atoms with van der Waals surface area (Å²) in [4.78, 5) is 27.0. The molecule has 0 spiro atoms. The van der Waals surface area contributed by atoms with Gasteiger partial charge < -0.3 is 4.98 Å². The minimum absolute atomic E-state index is 0.0845. The molecule has 106 valence electrons. The number of aryl methyl sites for hydroxylation is 1. The number of aromatic nitrogens is 4. The summed E-state index contributed by atoms with van der Waals surface area (Å²) in [5, 5.41) is 3.28. The third-order valence-corrected chi connectivity index (χ3v) is 3.58. The first-order chi connectivity index (χ1) is 10.0. The second-order valence-corrected chi connectivity index (χ2v) is 5.12. The topological polar surface area (TPSA) is 83.6 Å². The van der Waals surface area contributed by atoms with E-state index in [1.807, 2.05) is 6.92 Å². The van der Waals surface area contributed by atoms with Gasteiger partial charge in [0.1, 0.15) is 5.52 Å². The Bertz CT molecular complexity index is 846. The number of nitrogens with zero attached hydrogens (tertiary/aromatic N) is 3. The molecule has 21 heavy (non-hydrogen) atoms. The molecule has 0 atom stereocenters. The van der Waals surface area contributed by atoms with Crippen LogP contribution in [0.15, 0.2) is 24.5 Å². The Labute approximate surface area is 129 Å². The van der Waals surface area contributed by atoms with Crippen LogP contribution in [0, 0.1) is 6.92 Å². The van der Waals surface area contributed by atoms with Crippen LogP contribution in [0.5, 0.6) is 0 Å². The van der Waals surface area contributed by atoms with Gasteiger partial charge >= 0.3 is 0 Å². The highest BCUT2D eigenvalue weighted by atomic mass is 35.5. The minimum Gasteiger partial charge on any atom is -0.341 e. The van der Waals surface area contributed by atoms with E-state index < -0.39 is 0 Å². The molecule has 6 nitrogen and oxygen atoms in total. The molecule has 0 aliphatic carbocycles. The van der Waals surface area contributed by atoms with E-state index in [-0.39, 0.29) is 17.0 Å². The Morgan fingerprint density at radius 1 is 1.29 bits per heavy atom. The van der Waals surface area contributed by atoms with Crippen LogP contribution in [0.25, 0.3) is 11.2 Å². The lowest BCUT2D eigenvalue weighted by molar-refractivity contribution is 0.102. The fraction of sp³-hybridized carbons (Fsp3) is 0.0769. The lowest BCUT2D eigenvalue weighted by Gasteiger charge is -2.05. The van der Waals surface area contributed by atoms with Crippen LogP contribution in [0.2, 0.25) is 10.2 Å². The van der Waals surface area contributed by atoms with Crippen LogP contribution in [0.3, 0.4) is 0 Å². The smallest absolute Gasteiger partial charge is 0.258 e. The summed E-state index contributed by atoms with van der Waals surface area (Å²) in [6.45, 7) is 1.86. The maximum atomic E-state index is 12.1.